The van der Waals surface area contributed by atoms with E-state index in [2.05, 4.69) is 0 Å². The van der Waals surface area contributed by atoms with Gasteiger partial charge in [0.2, 0.25) is 0 Å². The van der Waals surface area contributed by atoms with Crippen LogP contribution in [-0.4, -0.2) is 12.6 Å². The van der Waals surface area contributed by atoms with E-state index in [0.717, 1.165) is 0 Å². The molecule has 0 saturated carbocycles. The fraction of sp³-hybridized carbons (Fsp3) is 0.700. The Hall–Kier alpha value is -0.990. The average Bonchev–Trinajstić information content (AvgIpc) is 1.81. The lowest BCUT2D eigenvalue weighted by Gasteiger charge is -2.15. The summed E-state index contributed by atoms with van der Waals surface area (Å²) >= 11 is 0. The van der Waals surface area contributed by atoms with Crippen molar-refractivity contribution in [2.45, 2.75) is 34.6 Å². The predicted octanol–water partition coefficient (Wildman–Crippen LogP) is 2.47. The first-order valence-electron chi connectivity index (χ1n) is 4.39. The normalized spacial score (nSPS) is 12.5. The number of ether oxygens (including phenoxy) is 2. The topological polar surface area (TPSA) is 35.5 Å². The fourth-order valence-corrected chi connectivity index (χ4v) is 0.738. The molecule has 0 unspecified atom stereocenters. The van der Waals surface area contributed by atoms with E-state index < -0.39 is 0 Å². The summed E-state index contributed by atoms with van der Waals surface area (Å²) in [7, 11) is 0. The summed E-state index contributed by atoms with van der Waals surface area (Å²) in [6.07, 6.45) is 1.79. The molecule has 0 N–H and O–H groups in total. The zero-order valence-electron chi connectivity index (χ0n) is 9.01. The van der Waals surface area contributed by atoms with E-state index in [-0.39, 0.29) is 11.4 Å². The van der Waals surface area contributed by atoms with E-state index in [1.54, 1.807) is 6.08 Å². The van der Waals surface area contributed by atoms with E-state index in [4.69, 9.17) is 9.47 Å². The van der Waals surface area contributed by atoms with Gasteiger partial charge in [0.25, 0.3) is 5.95 Å². The smallest absolute Gasteiger partial charge is 0.310 e. The van der Waals surface area contributed by atoms with Crippen molar-refractivity contribution in [1.29, 1.82) is 0 Å². The van der Waals surface area contributed by atoms with Crippen LogP contribution < -0.4 is 0 Å². The van der Waals surface area contributed by atoms with Crippen LogP contribution >= 0.6 is 0 Å². The zero-order chi connectivity index (χ0) is 10.5. The van der Waals surface area contributed by atoms with Crippen LogP contribution in [-0.2, 0) is 14.3 Å². The van der Waals surface area contributed by atoms with Crippen LogP contribution in [0.4, 0.5) is 0 Å². The summed E-state index contributed by atoms with van der Waals surface area (Å²) in [6.45, 7) is 9.73. The Labute approximate surface area is 79.7 Å². The maximum absolute atomic E-state index is 10.7. The van der Waals surface area contributed by atoms with Crippen LogP contribution in [0.15, 0.2) is 12.0 Å². The van der Waals surface area contributed by atoms with E-state index in [9.17, 15) is 4.79 Å². The highest BCUT2D eigenvalue weighted by atomic mass is 16.7. The summed E-state index contributed by atoms with van der Waals surface area (Å²) in [4.78, 5) is 10.7. The summed E-state index contributed by atoms with van der Waals surface area (Å²) in [5.74, 6) is -0.0635. The Morgan fingerprint density at radius 2 is 1.92 bits per heavy atom. The molecule has 0 spiro atoms. The molecule has 0 aliphatic heterocycles. The fourth-order valence-electron chi connectivity index (χ4n) is 0.738. The van der Waals surface area contributed by atoms with Crippen molar-refractivity contribution in [2.75, 3.05) is 6.61 Å². The minimum atomic E-state index is -0.357. The molecule has 0 atom stereocenters. The van der Waals surface area contributed by atoms with Crippen LogP contribution in [0.2, 0.25) is 0 Å². The number of carbonyl (C=O) groups is 1. The van der Waals surface area contributed by atoms with Crippen molar-refractivity contribution >= 4 is 5.97 Å². The van der Waals surface area contributed by atoms with Gasteiger partial charge in [-0.3, -0.25) is 4.79 Å². The van der Waals surface area contributed by atoms with Crippen LogP contribution in [0.1, 0.15) is 34.6 Å². The molecule has 0 aromatic carbocycles. The van der Waals surface area contributed by atoms with Gasteiger partial charge in [-0.25, -0.2) is 0 Å². The van der Waals surface area contributed by atoms with Gasteiger partial charge < -0.3 is 9.47 Å². The summed E-state index contributed by atoms with van der Waals surface area (Å²) in [6, 6.07) is 0. The van der Waals surface area contributed by atoms with Crippen molar-refractivity contribution < 1.29 is 14.3 Å². The molecule has 0 amide bonds. The van der Waals surface area contributed by atoms with E-state index in [1.807, 2.05) is 27.7 Å². The number of hydrogen-bond donors (Lipinski definition) is 0. The van der Waals surface area contributed by atoms with Crippen molar-refractivity contribution in [3.05, 3.63) is 12.0 Å². The van der Waals surface area contributed by atoms with Crippen molar-refractivity contribution in [3.63, 3.8) is 0 Å². The third-order valence-corrected chi connectivity index (χ3v) is 1.08. The quantitative estimate of drug-likeness (QED) is 0.501. The van der Waals surface area contributed by atoms with Gasteiger partial charge in [-0.1, -0.05) is 20.8 Å². The number of hydrogen-bond acceptors (Lipinski definition) is 3. The molecule has 3 heteroatoms. The second-order valence-corrected chi connectivity index (χ2v) is 3.86. The molecule has 0 fully saturated rings. The lowest BCUT2D eigenvalue weighted by atomic mass is 9.97. The molecule has 0 saturated heterocycles. The molecule has 13 heavy (non-hydrogen) atoms. The highest BCUT2D eigenvalue weighted by Gasteiger charge is 2.11. The Bertz CT molecular complexity index is 199. The average molecular weight is 186 g/mol. The van der Waals surface area contributed by atoms with Gasteiger partial charge in [-0.05, 0) is 12.3 Å². The van der Waals surface area contributed by atoms with E-state index in [1.165, 1.54) is 6.92 Å². The second kappa shape index (κ2) is 4.90. The highest BCUT2D eigenvalue weighted by molar-refractivity contribution is 5.67. The Morgan fingerprint density at radius 3 is 2.23 bits per heavy atom. The first-order chi connectivity index (χ1) is 5.85. The van der Waals surface area contributed by atoms with Gasteiger partial charge in [-0.15, -0.1) is 0 Å². The molecule has 76 valence electrons. The maximum Gasteiger partial charge on any atom is 0.310 e. The van der Waals surface area contributed by atoms with Crippen LogP contribution in [0.5, 0.6) is 0 Å². The number of allylic oxidation sites excluding steroid dienone is 1. The second-order valence-electron chi connectivity index (χ2n) is 3.86. The van der Waals surface area contributed by atoms with E-state index >= 15 is 0 Å². The maximum atomic E-state index is 10.7. The molecule has 0 aromatic heterocycles. The standard InChI is InChI=1S/C10H18O3/c1-6-12-9(13-8(2)11)7-10(3,4)5/h7H,6H2,1-5H3/b9-7+. The minimum absolute atomic E-state index is 0.0556. The van der Waals surface area contributed by atoms with Crippen molar-refractivity contribution in [1.82, 2.24) is 0 Å². The molecule has 0 aliphatic carbocycles. The molecule has 0 aliphatic rings. The third kappa shape index (κ3) is 7.37. The monoisotopic (exact) mass is 186 g/mol. The van der Waals surface area contributed by atoms with E-state index in [0.29, 0.717) is 12.6 Å². The minimum Gasteiger partial charge on any atom is -0.466 e. The number of rotatable bonds is 3. The van der Waals surface area contributed by atoms with Gasteiger partial charge in [0.15, 0.2) is 0 Å². The predicted molar refractivity (Wildman–Crippen MR) is 50.9 cm³/mol. The third-order valence-electron chi connectivity index (χ3n) is 1.08. The molecule has 0 bridgehead atoms. The Balaban J connectivity index is 4.40. The summed E-state index contributed by atoms with van der Waals surface area (Å²) in [5.41, 5.74) is -0.0556. The van der Waals surface area contributed by atoms with Gasteiger partial charge in [0.05, 0.1) is 6.61 Å². The lowest BCUT2D eigenvalue weighted by Crippen LogP contribution is -2.08. The SMILES string of the molecule is CCO/C(=C\C(C)(C)C)OC(C)=O. The summed E-state index contributed by atoms with van der Waals surface area (Å²) in [5, 5.41) is 0. The number of carbonyl (C=O) groups excluding carboxylic acids is 1. The van der Waals surface area contributed by atoms with Gasteiger partial charge in [0, 0.05) is 13.0 Å². The molecule has 0 radical (unpaired) electrons. The molecular formula is C10H18O3. The zero-order valence-corrected chi connectivity index (χ0v) is 9.01. The lowest BCUT2D eigenvalue weighted by molar-refractivity contribution is -0.142. The van der Waals surface area contributed by atoms with Crippen molar-refractivity contribution in [2.24, 2.45) is 5.41 Å². The Kier molecular flexibility index (Phi) is 4.52. The first kappa shape index (κ1) is 12.0. The Morgan fingerprint density at radius 1 is 1.38 bits per heavy atom. The molecule has 0 aromatic rings. The first-order valence-corrected chi connectivity index (χ1v) is 4.39. The largest absolute Gasteiger partial charge is 0.466 e. The molecule has 3 nitrogen and oxygen atoms in total. The van der Waals surface area contributed by atoms with Crippen LogP contribution in [0.25, 0.3) is 0 Å². The van der Waals surface area contributed by atoms with Crippen LogP contribution in [0, 0.1) is 5.41 Å². The van der Waals surface area contributed by atoms with Gasteiger partial charge in [-0.2, -0.15) is 0 Å². The van der Waals surface area contributed by atoms with Crippen LogP contribution in [0.3, 0.4) is 0 Å². The number of esters is 1. The van der Waals surface area contributed by atoms with Gasteiger partial charge in [0.1, 0.15) is 0 Å². The van der Waals surface area contributed by atoms with Crippen molar-refractivity contribution in [3.8, 4) is 0 Å². The molecule has 0 rings (SSSR count). The highest BCUT2D eigenvalue weighted by Crippen LogP contribution is 2.18. The molecular weight excluding hydrogens is 168 g/mol. The molecule has 0 heterocycles. The summed E-state index contributed by atoms with van der Waals surface area (Å²) < 4.78 is 10.0. The van der Waals surface area contributed by atoms with Gasteiger partial charge >= 0.3 is 5.97 Å².